The molecule has 1 aromatic heterocycles. The molecule has 90 valence electrons. The van der Waals surface area contributed by atoms with Gasteiger partial charge in [0.25, 0.3) is 0 Å². The van der Waals surface area contributed by atoms with Crippen LogP contribution in [0, 0.1) is 11.5 Å². The molecule has 18 heavy (non-hydrogen) atoms. The average molecular weight is 280 g/mol. The number of nitrogen functional groups attached to an aromatic ring is 1. The van der Waals surface area contributed by atoms with Gasteiger partial charge in [-0.25, -0.2) is 4.90 Å². The number of rotatable bonds is 2. The highest BCUT2D eigenvalue weighted by molar-refractivity contribution is 6.33. The number of nitrogens with two attached hydrogens (primary N) is 1. The summed E-state index contributed by atoms with van der Waals surface area (Å²) < 4.78 is 0. The lowest BCUT2D eigenvalue weighted by atomic mass is 10.3. The Kier molecular flexibility index (Phi) is 3.51. The molecule has 0 fully saturated rings. The Morgan fingerprint density at radius 1 is 1.11 bits per heavy atom. The molecule has 2 aromatic rings. The lowest BCUT2D eigenvalue weighted by molar-refractivity contribution is 1.08. The first-order chi connectivity index (χ1) is 8.60. The normalized spacial score (nSPS) is 9.83. The van der Waals surface area contributed by atoms with Crippen molar-refractivity contribution in [3.63, 3.8) is 0 Å². The molecule has 0 spiro atoms. The largest absolute Gasteiger partial charge is 0.399 e. The molecule has 7 heteroatoms. The van der Waals surface area contributed by atoms with E-state index in [0.29, 0.717) is 11.4 Å². The number of hydrogen-bond donors (Lipinski definition) is 1. The Bertz CT molecular complexity index is 586. The van der Waals surface area contributed by atoms with E-state index in [1.165, 1.54) is 11.0 Å². The van der Waals surface area contributed by atoms with Crippen molar-refractivity contribution < 1.29 is 0 Å². The molecule has 0 radical (unpaired) electrons. The summed E-state index contributed by atoms with van der Waals surface area (Å²) in [6.45, 7) is 0. The second-order valence-corrected chi connectivity index (χ2v) is 4.11. The van der Waals surface area contributed by atoms with Crippen LogP contribution in [0.25, 0.3) is 0 Å². The fourth-order valence-corrected chi connectivity index (χ4v) is 1.73. The first-order valence-corrected chi connectivity index (χ1v) is 5.61. The fraction of sp³-hybridized carbons (Fsp3) is 0. The van der Waals surface area contributed by atoms with Gasteiger partial charge in [-0.3, -0.25) is 0 Å². The monoisotopic (exact) mass is 279 g/mol. The average Bonchev–Trinajstić information content (AvgIpc) is 2.31. The molecule has 0 aliphatic heterocycles. The van der Waals surface area contributed by atoms with Gasteiger partial charge in [0.2, 0.25) is 5.95 Å². The molecular formula is C11H7Cl2N5. The van der Waals surface area contributed by atoms with Crippen molar-refractivity contribution in [2.75, 3.05) is 10.6 Å². The molecule has 2 rings (SSSR count). The van der Waals surface area contributed by atoms with Crippen LogP contribution in [0.15, 0.2) is 30.3 Å². The van der Waals surface area contributed by atoms with Gasteiger partial charge in [0.15, 0.2) is 6.19 Å². The third-order valence-electron chi connectivity index (χ3n) is 2.10. The van der Waals surface area contributed by atoms with Gasteiger partial charge >= 0.3 is 0 Å². The molecule has 0 aliphatic carbocycles. The van der Waals surface area contributed by atoms with Crippen molar-refractivity contribution in [1.82, 2.24) is 9.97 Å². The summed E-state index contributed by atoms with van der Waals surface area (Å²) in [6, 6.07) is 8.09. The molecule has 0 amide bonds. The van der Waals surface area contributed by atoms with Gasteiger partial charge in [-0.05, 0) is 24.3 Å². The molecule has 1 heterocycles. The van der Waals surface area contributed by atoms with Crippen molar-refractivity contribution in [1.29, 1.82) is 5.26 Å². The van der Waals surface area contributed by atoms with E-state index in [-0.39, 0.29) is 16.3 Å². The Morgan fingerprint density at radius 2 is 1.67 bits per heavy atom. The first kappa shape index (κ1) is 12.4. The highest BCUT2D eigenvalue weighted by atomic mass is 35.5. The van der Waals surface area contributed by atoms with Crippen molar-refractivity contribution in [3.05, 3.63) is 40.6 Å². The van der Waals surface area contributed by atoms with Crippen molar-refractivity contribution >= 4 is 40.5 Å². The number of anilines is 3. The molecule has 5 nitrogen and oxygen atoms in total. The first-order valence-electron chi connectivity index (χ1n) is 4.85. The van der Waals surface area contributed by atoms with E-state index in [1.807, 2.05) is 6.19 Å². The molecule has 2 N–H and O–H groups in total. The van der Waals surface area contributed by atoms with Crippen LogP contribution in [0.5, 0.6) is 0 Å². The molecule has 0 bridgehead atoms. The van der Waals surface area contributed by atoms with Crippen LogP contribution in [0.4, 0.5) is 17.3 Å². The zero-order valence-electron chi connectivity index (χ0n) is 9.01. The van der Waals surface area contributed by atoms with Gasteiger partial charge in [-0.15, -0.1) is 0 Å². The third kappa shape index (κ3) is 2.62. The molecule has 1 aromatic carbocycles. The highest BCUT2D eigenvalue weighted by Crippen LogP contribution is 2.24. The summed E-state index contributed by atoms with van der Waals surface area (Å²) in [4.78, 5) is 9.10. The minimum atomic E-state index is 0.111. The Hall–Kier alpha value is -2.03. The van der Waals surface area contributed by atoms with Crippen LogP contribution in [-0.2, 0) is 0 Å². The number of benzene rings is 1. The van der Waals surface area contributed by atoms with E-state index in [4.69, 9.17) is 34.2 Å². The van der Waals surface area contributed by atoms with E-state index in [1.54, 1.807) is 24.3 Å². The lowest BCUT2D eigenvalue weighted by Crippen LogP contribution is -2.12. The summed E-state index contributed by atoms with van der Waals surface area (Å²) in [7, 11) is 0. The molecule has 0 atom stereocenters. The maximum atomic E-state index is 9.16. The van der Waals surface area contributed by atoms with Crippen LogP contribution in [-0.4, -0.2) is 9.97 Å². The van der Waals surface area contributed by atoms with Crippen LogP contribution in [0.1, 0.15) is 0 Å². The molecular weight excluding hydrogens is 273 g/mol. The van der Waals surface area contributed by atoms with Gasteiger partial charge in [0.05, 0.1) is 5.69 Å². The fourth-order valence-electron chi connectivity index (χ4n) is 1.32. The molecule has 0 saturated heterocycles. The van der Waals surface area contributed by atoms with Crippen molar-refractivity contribution in [2.45, 2.75) is 0 Å². The summed E-state index contributed by atoms with van der Waals surface area (Å²) in [5.41, 5.74) is 6.75. The van der Waals surface area contributed by atoms with Crippen LogP contribution in [0.3, 0.4) is 0 Å². The number of nitriles is 1. The zero-order valence-corrected chi connectivity index (χ0v) is 10.5. The minimum Gasteiger partial charge on any atom is -0.399 e. The Balaban J connectivity index is 2.45. The number of halogens is 2. The van der Waals surface area contributed by atoms with E-state index in [0.717, 1.165) is 0 Å². The summed E-state index contributed by atoms with van der Waals surface area (Å²) >= 11 is 11.5. The Labute approximate surface area is 113 Å². The van der Waals surface area contributed by atoms with Crippen molar-refractivity contribution in [3.8, 4) is 6.19 Å². The maximum Gasteiger partial charge on any atom is 0.246 e. The second-order valence-electron chi connectivity index (χ2n) is 3.34. The lowest BCUT2D eigenvalue weighted by Gasteiger charge is -2.13. The Morgan fingerprint density at radius 3 is 2.17 bits per heavy atom. The summed E-state index contributed by atoms with van der Waals surface area (Å²) in [5.74, 6) is 0.111. The summed E-state index contributed by atoms with van der Waals surface area (Å²) in [6.07, 6.45) is 1.96. The van der Waals surface area contributed by atoms with Crippen LogP contribution >= 0.6 is 23.2 Å². The number of nitrogens with zero attached hydrogens (tertiary/aromatic N) is 4. The maximum absolute atomic E-state index is 9.16. The standard InChI is InChI=1S/C11H7Cl2N5/c12-9-5-10(13)17-11(16-9)18(6-14)8-3-1-7(15)2-4-8/h1-5H,15H2. The van der Waals surface area contributed by atoms with E-state index in [9.17, 15) is 0 Å². The minimum absolute atomic E-state index is 0.111. The smallest absolute Gasteiger partial charge is 0.246 e. The number of hydrogen-bond acceptors (Lipinski definition) is 5. The van der Waals surface area contributed by atoms with Crippen LogP contribution in [0.2, 0.25) is 10.3 Å². The van der Waals surface area contributed by atoms with E-state index >= 15 is 0 Å². The SMILES string of the molecule is N#CN(c1ccc(N)cc1)c1nc(Cl)cc(Cl)n1. The van der Waals surface area contributed by atoms with Gasteiger partial charge in [-0.1, -0.05) is 23.2 Å². The highest BCUT2D eigenvalue weighted by Gasteiger charge is 2.13. The van der Waals surface area contributed by atoms with Crippen molar-refractivity contribution in [2.24, 2.45) is 0 Å². The number of aromatic nitrogens is 2. The van der Waals surface area contributed by atoms with Gasteiger partial charge in [-0.2, -0.15) is 15.2 Å². The third-order valence-corrected chi connectivity index (χ3v) is 2.49. The van der Waals surface area contributed by atoms with Gasteiger partial charge in [0.1, 0.15) is 10.3 Å². The predicted molar refractivity (Wildman–Crippen MR) is 70.7 cm³/mol. The molecule has 0 unspecified atom stereocenters. The van der Waals surface area contributed by atoms with Crippen LogP contribution < -0.4 is 10.6 Å². The zero-order chi connectivity index (χ0) is 13.1. The van der Waals surface area contributed by atoms with Gasteiger partial charge in [0, 0.05) is 11.8 Å². The molecule has 0 saturated carbocycles. The summed E-state index contributed by atoms with van der Waals surface area (Å²) in [5, 5.41) is 9.50. The van der Waals surface area contributed by atoms with E-state index in [2.05, 4.69) is 9.97 Å². The predicted octanol–water partition coefficient (Wildman–Crippen LogP) is 2.98. The molecule has 0 aliphatic rings. The quantitative estimate of drug-likeness (QED) is 0.396. The van der Waals surface area contributed by atoms with Gasteiger partial charge < -0.3 is 5.73 Å². The van der Waals surface area contributed by atoms with E-state index < -0.39 is 0 Å². The second kappa shape index (κ2) is 5.08. The topological polar surface area (TPSA) is 78.8 Å².